The van der Waals surface area contributed by atoms with Crippen molar-refractivity contribution < 1.29 is 9.53 Å². The molecule has 1 heterocycles. The summed E-state index contributed by atoms with van der Waals surface area (Å²) in [5.74, 6) is 0.476. The van der Waals surface area contributed by atoms with Gasteiger partial charge in [-0.2, -0.15) is 10.5 Å². The monoisotopic (exact) mass is 385 g/mol. The van der Waals surface area contributed by atoms with E-state index in [4.69, 9.17) is 10.5 Å². The van der Waals surface area contributed by atoms with Crippen LogP contribution in [-0.2, 0) is 4.79 Å². The molecule has 0 unspecified atom stereocenters. The molecule has 4 N–H and O–H groups in total. The molecule has 142 valence electrons. The number of nitriles is 2. The van der Waals surface area contributed by atoms with E-state index in [1.54, 1.807) is 48.5 Å². The Balaban J connectivity index is 2.10. The van der Waals surface area contributed by atoms with Crippen LogP contribution in [0.2, 0.25) is 0 Å². The first-order chi connectivity index (χ1) is 13.9. The number of H-pyrrole nitrogens is 1. The number of pyridine rings is 1. The number of nitrogens with zero attached hydrogens (tertiary/aromatic N) is 2. The third-order valence-electron chi connectivity index (χ3n) is 4.03. The van der Waals surface area contributed by atoms with Crippen molar-refractivity contribution >= 4 is 17.4 Å². The Hall–Kier alpha value is -4.56. The molecule has 1 amide bonds. The number of ether oxygens (including phenoxy) is 1. The first kappa shape index (κ1) is 19.2. The summed E-state index contributed by atoms with van der Waals surface area (Å²) >= 11 is 0. The van der Waals surface area contributed by atoms with Crippen molar-refractivity contribution in [1.29, 1.82) is 10.5 Å². The summed E-state index contributed by atoms with van der Waals surface area (Å²) in [6.07, 6.45) is 0. The summed E-state index contributed by atoms with van der Waals surface area (Å²) < 4.78 is 5.92. The van der Waals surface area contributed by atoms with E-state index in [9.17, 15) is 20.1 Å². The quantitative estimate of drug-likeness (QED) is 0.629. The van der Waals surface area contributed by atoms with Gasteiger partial charge in [-0.05, 0) is 30.3 Å². The lowest BCUT2D eigenvalue weighted by Gasteiger charge is -2.14. The molecule has 0 radical (unpaired) electrons. The van der Waals surface area contributed by atoms with Crippen molar-refractivity contribution in [2.75, 3.05) is 11.1 Å². The van der Waals surface area contributed by atoms with Gasteiger partial charge in [0.15, 0.2) is 0 Å². The highest BCUT2D eigenvalue weighted by atomic mass is 16.5. The smallest absolute Gasteiger partial charge is 0.268 e. The zero-order chi connectivity index (χ0) is 21.0. The molecule has 0 aliphatic heterocycles. The lowest BCUT2D eigenvalue weighted by Crippen LogP contribution is -2.16. The Morgan fingerprint density at radius 1 is 1.07 bits per heavy atom. The van der Waals surface area contributed by atoms with Gasteiger partial charge in [0, 0.05) is 23.7 Å². The second-order valence-electron chi connectivity index (χ2n) is 6.02. The molecule has 2 aromatic carbocycles. The van der Waals surface area contributed by atoms with Gasteiger partial charge in [-0.25, -0.2) is 0 Å². The summed E-state index contributed by atoms with van der Waals surface area (Å²) in [6.45, 7) is 1.41. The molecule has 0 bridgehead atoms. The topological polar surface area (TPSA) is 145 Å². The molecule has 0 spiro atoms. The predicted molar refractivity (Wildman–Crippen MR) is 107 cm³/mol. The van der Waals surface area contributed by atoms with Gasteiger partial charge >= 0.3 is 0 Å². The van der Waals surface area contributed by atoms with Crippen LogP contribution in [-0.4, -0.2) is 10.9 Å². The van der Waals surface area contributed by atoms with Crippen molar-refractivity contribution in [2.24, 2.45) is 0 Å². The van der Waals surface area contributed by atoms with Crippen molar-refractivity contribution in [3.63, 3.8) is 0 Å². The van der Waals surface area contributed by atoms with Crippen molar-refractivity contribution in [3.05, 3.63) is 70.0 Å². The van der Waals surface area contributed by atoms with Crippen LogP contribution in [0.5, 0.6) is 11.5 Å². The number of nitrogens with two attached hydrogens (primary N) is 1. The second kappa shape index (κ2) is 7.99. The molecular formula is C21H15N5O3. The number of rotatable bonds is 4. The summed E-state index contributed by atoms with van der Waals surface area (Å²) in [7, 11) is 0. The molecule has 0 saturated carbocycles. The Kier molecular flexibility index (Phi) is 5.29. The van der Waals surface area contributed by atoms with Crippen molar-refractivity contribution in [2.45, 2.75) is 6.92 Å². The average molecular weight is 385 g/mol. The number of hydrogen-bond acceptors (Lipinski definition) is 6. The van der Waals surface area contributed by atoms with Crippen LogP contribution in [0.25, 0.3) is 11.1 Å². The highest BCUT2D eigenvalue weighted by Crippen LogP contribution is 2.37. The Bertz CT molecular complexity index is 1230. The summed E-state index contributed by atoms with van der Waals surface area (Å²) in [5.41, 5.74) is 5.96. The van der Waals surface area contributed by atoms with E-state index in [0.29, 0.717) is 22.7 Å². The number of carbonyl (C=O) groups excluding carboxylic acids is 1. The van der Waals surface area contributed by atoms with Gasteiger partial charge < -0.3 is 20.8 Å². The number of aromatic amines is 1. The number of aromatic nitrogens is 1. The van der Waals surface area contributed by atoms with Crippen LogP contribution in [0.3, 0.4) is 0 Å². The van der Waals surface area contributed by atoms with Gasteiger partial charge in [0.2, 0.25) is 5.91 Å². The maximum atomic E-state index is 12.2. The van der Waals surface area contributed by atoms with Crippen LogP contribution in [0.15, 0.2) is 53.3 Å². The molecule has 0 atom stereocenters. The fourth-order valence-electron chi connectivity index (χ4n) is 2.81. The first-order valence-corrected chi connectivity index (χ1v) is 8.45. The lowest BCUT2D eigenvalue weighted by atomic mass is 9.96. The van der Waals surface area contributed by atoms with E-state index in [0.717, 1.165) is 0 Å². The molecule has 3 aromatic rings. The number of nitrogen functional groups attached to an aromatic ring is 1. The van der Waals surface area contributed by atoms with Gasteiger partial charge in [-0.1, -0.05) is 18.2 Å². The molecule has 0 saturated heterocycles. The molecule has 8 nitrogen and oxygen atoms in total. The number of carbonyl (C=O) groups is 1. The van der Waals surface area contributed by atoms with E-state index >= 15 is 0 Å². The number of benzene rings is 2. The van der Waals surface area contributed by atoms with Crippen LogP contribution in [0, 0.1) is 22.7 Å². The number of nitrogens with one attached hydrogen (secondary N) is 2. The minimum atomic E-state index is -0.687. The van der Waals surface area contributed by atoms with Gasteiger partial charge in [0.05, 0.1) is 0 Å². The van der Waals surface area contributed by atoms with Gasteiger partial charge in [0.1, 0.15) is 40.6 Å². The van der Waals surface area contributed by atoms with E-state index in [1.165, 1.54) is 6.92 Å². The Morgan fingerprint density at radius 2 is 1.72 bits per heavy atom. The fraction of sp³-hybridized carbons (Fsp3) is 0.0476. The van der Waals surface area contributed by atoms with E-state index in [2.05, 4.69) is 10.3 Å². The molecule has 3 rings (SSSR count). The maximum Gasteiger partial charge on any atom is 0.268 e. The second-order valence-corrected chi connectivity index (χ2v) is 6.02. The third kappa shape index (κ3) is 3.92. The molecule has 1 aromatic heterocycles. The highest BCUT2D eigenvalue weighted by molar-refractivity contribution is 5.88. The predicted octanol–water partition coefficient (Wildman–Crippen LogP) is 3.12. The average Bonchev–Trinajstić information content (AvgIpc) is 2.69. The SMILES string of the molecule is CC(=O)Nc1ccc(Oc2ccccc2-c2c(C#N)c(N)[nH]c(=O)c2C#N)cc1. The van der Waals surface area contributed by atoms with Gasteiger partial charge in [-0.3, -0.25) is 9.59 Å². The number of para-hydroxylation sites is 1. The summed E-state index contributed by atoms with van der Waals surface area (Å²) in [6, 6.07) is 17.1. The van der Waals surface area contributed by atoms with Crippen LogP contribution in [0.4, 0.5) is 11.5 Å². The standard InChI is InChI=1S/C21H15N5O3/c1-12(27)25-13-6-8-14(9-7-13)29-18-5-3-2-4-15(18)19-16(10-22)20(24)26-21(28)17(19)11-23/h2-9H,1H3,(H,25,27)(H3,24,26,28). The van der Waals surface area contributed by atoms with Gasteiger partial charge in [0.25, 0.3) is 5.56 Å². The zero-order valence-electron chi connectivity index (χ0n) is 15.3. The largest absolute Gasteiger partial charge is 0.457 e. The van der Waals surface area contributed by atoms with Crippen LogP contribution < -0.4 is 21.3 Å². The Labute approximate surface area is 165 Å². The van der Waals surface area contributed by atoms with E-state index in [1.807, 2.05) is 12.1 Å². The molecule has 0 aliphatic rings. The third-order valence-corrected chi connectivity index (χ3v) is 4.03. The van der Waals surface area contributed by atoms with E-state index in [-0.39, 0.29) is 28.4 Å². The minimum Gasteiger partial charge on any atom is -0.457 e. The van der Waals surface area contributed by atoms with Crippen molar-refractivity contribution in [1.82, 2.24) is 4.98 Å². The number of anilines is 2. The summed E-state index contributed by atoms with van der Waals surface area (Å²) in [4.78, 5) is 25.6. The molecule has 29 heavy (non-hydrogen) atoms. The lowest BCUT2D eigenvalue weighted by molar-refractivity contribution is -0.114. The fourth-order valence-corrected chi connectivity index (χ4v) is 2.81. The maximum absolute atomic E-state index is 12.2. The van der Waals surface area contributed by atoms with Crippen molar-refractivity contribution in [3.8, 4) is 34.8 Å². The Morgan fingerprint density at radius 3 is 2.34 bits per heavy atom. The van der Waals surface area contributed by atoms with Gasteiger partial charge in [-0.15, -0.1) is 0 Å². The first-order valence-electron chi connectivity index (χ1n) is 8.45. The summed E-state index contributed by atoms with van der Waals surface area (Å²) in [5, 5.41) is 21.6. The van der Waals surface area contributed by atoms with Crippen LogP contribution >= 0.6 is 0 Å². The van der Waals surface area contributed by atoms with E-state index < -0.39 is 5.56 Å². The normalized spacial score (nSPS) is 9.90. The number of hydrogen-bond donors (Lipinski definition) is 3. The van der Waals surface area contributed by atoms with Crippen LogP contribution in [0.1, 0.15) is 18.1 Å². The molecule has 8 heteroatoms. The minimum absolute atomic E-state index is 0.0155. The zero-order valence-corrected chi connectivity index (χ0v) is 15.3. The highest BCUT2D eigenvalue weighted by Gasteiger charge is 2.21. The molecule has 0 aliphatic carbocycles. The molecule has 0 fully saturated rings. The molecular weight excluding hydrogens is 370 g/mol. The number of amides is 1.